The number of amidine groups is 1. The Balaban J connectivity index is 0.000000892. The number of aliphatic imine (C=N–C) groups is 1. The van der Waals surface area contributed by atoms with E-state index in [0.717, 1.165) is 32.1 Å². The second-order valence-corrected chi connectivity index (χ2v) is 8.02. The molecule has 0 radical (unpaired) electrons. The van der Waals surface area contributed by atoms with E-state index in [1.807, 2.05) is 0 Å². The summed E-state index contributed by atoms with van der Waals surface area (Å²) in [4.78, 5) is 13.3. The van der Waals surface area contributed by atoms with Crippen molar-refractivity contribution in [3.63, 3.8) is 0 Å². The van der Waals surface area contributed by atoms with E-state index in [4.69, 9.17) is 14.6 Å². The molecule has 28 heavy (non-hydrogen) atoms. The largest absolute Gasteiger partial charge is 0.481 e. The van der Waals surface area contributed by atoms with Crippen LogP contribution >= 0.6 is 0 Å². The Morgan fingerprint density at radius 1 is 1.00 bits per heavy atom. The van der Waals surface area contributed by atoms with E-state index >= 15 is 0 Å². The highest BCUT2D eigenvalue weighted by Gasteiger charge is 2.36. The predicted octanol–water partition coefficient (Wildman–Crippen LogP) is 5.43. The smallest absolute Gasteiger partial charge is 0.300 e. The number of nitrogens with zero attached hydrogens (tertiary/aromatic N) is 2. The number of epoxide rings is 1. The summed E-state index contributed by atoms with van der Waals surface area (Å²) in [7, 11) is 0. The first-order valence-corrected chi connectivity index (χ1v) is 11.4. The molecule has 0 saturated carbocycles. The van der Waals surface area contributed by atoms with Gasteiger partial charge in [-0.15, -0.1) is 0 Å². The Labute approximate surface area is 171 Å². The third-order valence-corrected chi connectivity index (χ3v) is 5.32. The summed E-state index contributed by atoms with van der Waals surface area (Å²) in [6.07, 6.45) is 19.3. The molecule has 2 atom stereocenters. The Morgan fingerprint density at radius 3 is 2.00 bits per heavy atom. The molecule has 0 aromatic rings. The maximum atomic E-state index is 9.53. The first-order chi connectivity index (χ1) is 13.5. The highest BCUT2D eigenvalue weighted by Crippen LogP contribution is 2.31. The molecule has 6 nitrogen and oxygen atoms in total. The molecular weight excluding hydrogens is 356 g/mol. The van der Waals surface area contributed by atoms with Crippen LogP contribution in [0, 0.1) is 0 Å². The zero-order chi connectivity index (χ0) is 20.6. The van der Waals surface area contributed by atoms with Crippen LogP contribution in [0.1, 0.15) is 104 Å². The van der Waals surface area contributed by atoms with Crippen molar-refractivity contribution in [3.05, 3.63) is 0 Å². The minimum Gasteiger partial charge on any atom is -0.481 e. The maximum absolute atomic E-state index is 9.53. The molecule has 6 heteroatoms. The maximum Gasteiger partial charge on any atom is 0.300 e. The fourth-order valence-electron chi connectivity index (χ4n) is 3.66. The third-order valence-electron chi connectivity index (χ3n) is 5.32. The molecule has 1 fully saturated rings. The first-order valence-electron chi connectivity index (χ1n) is 11.4. The highest BCUT2D eigenvalue weighted by molar-refractivity contribution is 5.82. The Kier molecular flexibility index (Phi) is 14.0. The van der Waals surface area contributed by atoms with Crippen molar-refractivity contribution >= 4 is 11.8 Å². The van der Waals surface area contributed by atoms with Gasteiger partial charge in [0.2, 0.25) is 0 Å². The summed E-state index contributed by atoms with van der Waals surface area (Å²) in [5, 5.41) is 18.3. The van der Waals surface area contributed by atoms with Gasteiger partial charge < -0.3 is 9.84 Å². The van der Waals surface area contributed by atoms with E-state index in [1.54, 1.807) is 0 Å². The van der Waals surface area contributed by atoms with Crippen molar-refractivity contribution in [3.8, 4) is 0 Å². The summed E-state index contributed by atoms with van der Waals surface area (Å²) < 4.78 is 5.80. The normalized spacial score (nSPS) is 20.5. The van der Waals surface area contributed by atoms with Gasteiger partial charge in [-0.1, -0.05) is 71.1 Å². The molecule has 0 aliphatic carbocycles. The minimum atomic E-state index is -0.833. The molecule has 0 bridgehead atoms. The molecule has 1 saturated heterocycles. The lowest BCUT2D eigenvalue weighted by Crippen LogP contribution is -2.23. The van der Waals surface area contributed by atoms with E-state index in [1.165, 1.54) is 82.1 Å². The van der Waals surface area contributed by atoms with E-state index in [9.17, 15) is 5.21 Å². The summed E-state index contributed by atoms with van der Waals surface area (Å²) >= 11 is 0. The number of ether oxygens (including phenoxy) is 1. The monoisotopic (exact) mass is 398 g/mol. The van der Waals surface area contributed by atoms with Gasteiger partial charge >= 0.3 is 0 Å². The molecule has 0 amide bonds. The average molecular weight is 399 g/mol. The van der Waals surface area contributed by atoms with Gasteiger partial charge in [0.05, 0.1) is 25.3 Å². The number of unbranched alkanes of at least 4 members (excludes halogenated alkanes) is 9. The number of carboxylic acids is 1. The molecule has 2 heterocycles. The number of aliphatic carboxylic acids is 1. The van der Waals surface area contributed by atoms with E-state index in [-0.39, 0.29) is 0 Å². The van der Waals surface area contributed by atoms with E-state index < -0.39 is 5.97 Å². The Hall–Kier alpha value is -1.14. The summed E-state index contributed by atoms with van der Waals surface area (Å²) in [6.45, 7) is 4.79. The van der Waals surface area contributed by atoms with Gasteiger partial charge in [-0.05, 0) is 19.3 Å². The fraction of sp³-hybridized carbons (Fsp3) is 0.909. The van der Waals surface area contributed by atoms with Crippen LogP contribution in [0.25, 0.3) is 0 Å². The predicted molar refractivity (Wildman–Crippen MR) is 113 cm³/mol. The zero-order valence-electron chi connectivity index (χ0n) is 18.1. The van der Waals surface area contributed by atoms with Gasteiger partial charge in [0.15, 0.2) is 0 Å². The molecule has 2 aliphatic heterocycles. The second kappa shape index (κ2) is 15.7. The van der Waals surface area contributed by atoms with Crippen molar-refractivity contribution in [2.45, 2.75) is 116 Å². The van der Waals surface area contributed by atoms with Crippen molar-refractivity contribution in [1.82, 2.24) is 5.06 Å². The molecule has 164 valence electrons. The molecule has 2 N–H and O–H groups in total. The van der Waals surface area contributed by atoms with Gasteiger partial charge in [-0.2, -0.15) is 0 Å². The summed E-state index contributed by atoms with van der Waals surface area (Å²) in [5.41, 5.74) is 0. The van der Waals surface area contributed by atoms with Gasteiger partial charge in [-0.3, -0.25) is 15.0 Å². The molecule has 0 spiro atoms. The lowest BCUT2D eigenvalue weighted by Gasteiger charge is -2.10. The summed E-state index contributed by atoms with van der Waals surface area (Å²) in [6, 6.07) is 0. The van der Waals surface area contributed by atoms with Crippen molar-refractivity contribution in [2.75, 3.05) is 13.1 Å². The van der Waals surface area contributed by atoms with Crippen molar-refractivity contribution in [1.29, 1.82) is 0 Å². The van der Waals surface area contributed by atoms with Crippen molar-refractivity contribution in [2.24, 2.45) is 4.99 Å². The SMILES string of the molecule is CC(=O)O.CCCCCCCCC1OC1CCCCCCCC1=NCCN1O. The van der Waals surface area contributed by atoms with Gasteiger partial charge in [0, 0.05) is 13.3 Å². The van der Waals surface area contributed by atoms with Gasteiger partial charge in [0.25, 0.3) is 5.97 Å². The standard InChI is InChI=1S/C20H38N2O2.C2H4O2/c1-2-3-4-5-7-10-13-18-19(24-18)14-11-8-6-9-12-15-20-21-16-17-22(20)23;1-2(3)4/h18-19,23H,2-17H2,1H3;1H3,(H,3,4). The molecule has 2 unspecified atom stereocenters. The number of carbonyl (C=O) groups is 1. The first kappa shape index (κ1) is 24.9. The van der Waals surface area contributed by atoms with E-state index in [2.05, 4.69) is 11.9 Å². The summed E-state index contributed by atoms with van der Waals surface area (Å²) in [5.74, 6) is 0.0546. The number of rotatable bonds is 15. The number of carboxylic acid groups (broad SMARTS) is 1. The molecule has 0 aromatic heterocycles. The van der Waals surface area contributed by atoms with Crippen LogP contribution in [0.5, 0.6) is 0 Å². The lowest BCUT2D eigenvalue weighted by molar-refractivity contribution is -0.134. The van der Waals surface area contributed by atoms with Gasteiger partial charge in [-0.25, -0.2) is 5.06 Å². The van der Waals surface area contributed by atoms with Crippen LogP contribution in [-0.2, 0) is 9.53 Å². The van der Waals surface area contributed by atoms with Crippen LogP contribution in [-0.4, -0.2) is 52.5 Å². The number of hydrogen-bond donors (Lipinski definition) is 2. The molecule has 2 rings (SSSR count). The zero-order valence-corrected chi connectivity index (χ0v) is 18.1. The van der Waals surface area contributed by atoms with Crippen LogP contribution in [0.15, 0.2) is 4.99 Å². The number of hydroxylamine groups is 2. The molecular formula is C22H42N2O4. The second-order valence-electron chi connectivity index (χ2n) is 8.02. The number of hydrogen-bond acceptors (Lipinski definition) is 5. The quantitative estimate of drug-likeness (QED) is 0.284. The lowest BCUT2D eigenvalue weighted by atomic mass is 10.0. The fourth-order valence-corrected chi connectivity index (χ4v) is 3.66. The molecule has 2 aliphatic rings. The van der Waals surface area contributed by atoms with Crippen LogP contribution in [0.4, 0.5) is 0 Å². The van der Waals surface area contributed by atoms with Crippen molar-refractivity contribution < 1.29 is 19.8 Å². The van der Waals surface area contributed by atoms with Crippen LogP contribution < -0.4 is 0 Å². The Bertz CT molecular complexity index is 438. The minimum absolute atomic E-state index is 0.580. The molecule has 0 aromatic carbocycles. The highest BCUT2D eigenvalue weighted by atomic mass is 16.6. The average Bonchev–Trinajstić information content (AvgIpc) is 3.27. The topological polar surface area (TPSA) is 85.7 Å². The van der Waals surface area contributed by atoms with Crippen LogP contribution in [0.3, 0.4) is 0 Å². The van der Waals surface area contributed by atoms with Gasteiger partial charge in [0.1, 0.15) is 5.84 Å². The third kappa shape index (κ3) is 13.1. The van der Waals surface area contributed by atoms with Crippen LogP contribution in [0.2, 0.25) is 0 Å². The Morgan fingerprint density at radius 2 is 1.50 bits per heavy atom. The van der Waals surface area contributed by atoms with E-state index in [0.29, 0.717) is 18.8 Å².